The fourth-order valence-electron chi connectivity index (χ4n) is 3.11. The number of hydrogen-bond donors (Lipinski definition) is 2. The molecule has 2 N–H and O–H groups in total. The molecule has 0 bridgehead atoms. The summed E-state index contributed by atoms with van der Waals surface area (Å²) in [6.07, 6.45) is 1.74. The van der Waals surface area contributed by atoms with Gasteiger partial charge in [-0.15, -0.1) is 24.0 Å². The minimum atomic E-state index is 0. The maximum atomic E-state index is 12.6. The highest BCUT2D eigenvalue weighted by Crippen LogP contribution is 2.20. The van der Waals surface area contributed by atoms with Crippen molar-refractivity contribution in [2.75, 3.05) is 59.1 Å². The van der Waals surface area contributed by atoms with Gasteiger partial charge in [0.25, 0.3) is 0 Å². The van der Waals surface area contributed by atoms with Gasteiger partial charge in [-0.3, -0.25) is 9.79 Å². The van der Waals surface area contributed by atoms with Gasteiger partial charge in [-0.05, 0) is 25.7 Å². The molecule has 25 heavy (non-hydrogen) atoms. The maximum Gasteiger partial charge on any atom is 0.225 e. The number of morpholine rings is 1. The molecule has 2 rings (SSSR count). The highest BCUT2D eigenvalue weighted by Gasteiger charge is 2.30. The Labute approximate surface area is 168 Å². The third-order valence-electron chi connectivity index (χ3n) is 4.67. The Kier molecular flexibility index (Phi) is 10.7. The standard InChI is InChI=1S/C17H32N4O3.HI/c1-3-18-17(19-12-14(2)13-22)21-6-4-15(5-7-21)16(23)20-8-10-24-11-9-20;/h14-15,22H,3-13H2,1-2H3,(H,18,19);1H. The number of aliphatic hydroxyl groups excluding tert-OH is 1. The second-order valence-electron chi connectivity index (χ2n) is 6.68. The van der Waals surface area contributed by atoms with Crippen molar-refractivity contribution in [2.24, 2.45) is 16.8 Å². The van der Waals surface area contributed by atoms with E-state index >= 15 is 0 Å². The minimum absolute atomic E-state index is 0. The van der Waals surface area contributed by atoms with Crippen molar-refractivity contribution in [1.82, 2.24) is 15.1 Å². The number of piperidine rings is 1. The average molecular weight is 468 g/mol. The average Bonchev–Trinajstić information content (AvgIpc) is 2.65. The van der Waals surface area contributed by atoms with Crippen LogP contribution in [0.5, 0.6) is 0 Å². The van der Waals surface area contributed by atoms with E-state index in [2.05, 4.69) is 22.1 Å². The number of hydrogen-bond acceptors (Lipinski definition) is 4. The van der Waals surface area contributed by atoms with Crippen LogP contribution in [-0.2, 0) is 9.53 Å². The van der Waals surface area contributed by atoms with E-state index in [0.29, 0.717) is 19.8 Å². The molecular weight excluding hydrogens is 435 g/mol. The van der Waals surface area contributed by atoms with E-state index in [1.54, 1.807) is 0 Å². The molecule has 2 fully saturated rings. The number of aliphatic imine (C=N–C) groups is 1. The van der Waals surface area contributed by atoms with Gasteiger partial charge in [0, 0.05) is 51.8 Å². The van der Waals surface area contributed by atoms with Crippen molar-refractivity contribution in [3.05, 3.63) is 0 Å². The Balaban J connectivity index is 0.00000312. The van der Waals surface area contributed by atoms with Gasteiger partial charge in [-0.2, -0.15) is 0 Å². The third-order valence-corrected chi connectivity index (χ3v) is 4.67. The first-order chi connectivity index (χ1) is 11.7. The van der Waals surface area contributed by atoms with Gasteiger partial charge in [0.2, 0.25) is 5.91 Å². The minimum Gasteiger partial charge on any atom is -0.396 e. The molecule has 0 aliphatic carbocycles. The highest BCUT2D eigenvalue weighted by molar-refractivity contribution is 14.0. The lowest BCUT2D eigenvalue weighted by molar-refractivity contribution is -0.140. The van der Waals surface area contributed by atoms with E-state index in [-0.39, 0.29) is 48.3 Å². The van der Waals surface area contributed by atoms with Crippen LogP contribution in [0.15, 0.2) is 4.99 Å². The Bertz CT molecular complexity index is 422. The SMILES string of the molecule is CCNC(=NCC(C)CO)N1CCC(C(=O)N2CCOCC2)CC1.I. The predicted octanol–water partition coefficient (Wildman–Crippen LogP) is 0.769. The molecule has 7 nitrogen and oxygen atoms in total. The lowest BCUT2D eigenvalue weighted by Crippen LogP contribution is -2.50. The number of ether oxygens (including phenoxy) is 1. The van der Waals surface area contributed by atoms with E-state index in [9.17, 15) is 4.79 Å². The monoisotopic (exact) mass is 468 g/mol. The molecule has 2 aliphatic heterocycles. The molecule has 0 aromatic rings. The summed E-state index contributed by atoms with van der Waals surface area (Å²) in [5.41, 5.74) is 0. The second kappa shape index (κ2) is 11.9. The quantitative estimate of drug-likeness (QED) is 0.354. The summed E-state index contributed by atoms with van der Waals surface area (Å²) in [5, 5.41) is 12.5. The molecule has 0 spiro atoms. The van der Waals surface area contributed by atoms with Crippen LogP contribution in [0.2, 0.25) is 0 Å². The summed E-state index contributed by atoms with van der Waals surface area (Å²) < 4.78 is 5.32. The molecule has 2 saturated heterocycles. The molecule has 0 radical (unpaired) electrons. The van der Waals surface area contributed by atoms with Crippen LogP contribution in [-0.4, -0.2) is 85.9 Å². The van der Waals surface area contributed by atoms with Crippen LogP contribution in [0.1, 0.15) is 26.7 Å². The van der Waals surface area contributed by atoms with Crippen LogP contribution in [0.3, 0.4) is 0 Å². The number of halogens is 1. The molecule has 1 unspecified atom stereocenters. The predicted molar refractivity (Wildman–Crippen MR) is 109 cm³/mol. The molecule has 8 heteroatoms. The van der Waals surface area contributed by atoms with E-state index in [0.717, 1.165) is 51.5 Å². The summed E-state index contributed by atoms with van der Waals surface area (Å²) in [6.45, 7) is 10.1. The number of nitrogens with one attached hydrogen (secondary N) is 1. The van der Waals surface area contributed by atoms with Crippen molar-refractivity contribution in [1.29, 1.82) is 0 Å². The zero-order chi connectivity index (χ0) is 17.4. The first-order valence-corrected chi connectivity index (χ1v) is 9.16. The van der Waals surface area contributed by atoms with Crippen molar-refractivity contribution in [3.63, 3.8) is 0 Å². The van der Waals surface area contributed by atoms with Crippen LogP contribution in [0.25, 0.3) is 0 Å². The normalized spacial score (nSPS) is 20.8. The topological polar surface area (TPSA) is 77.4 Å². The Hall–Kier alpha value is -0.610. The summed E-state index contributed by atoms with van der Waals surface area (Å²) in [6, 6.07) is 0. The van der Waals surface area contributed by atoms with Gasteiger partial charge < -0.3 is 25.0 Å². The van der Waals surface area contributed by atoms with E-state index < -0.39 is 0 Å². The molecule has 1 amide bonds. The van der Waals surface area contributed by atoms with E-state index in [1.165, 1.54) is 0 Å². The van der Waals surface area contributed by atoms with Crippen LogP contribution in [0.4, 0.5) is 0 Å². The Morgan fingerprint density at radius 1 is 1.24 bits per heavy atom. The number of rotatable bonds is 5. The maximum absolute atomic E-state index is 12.6. The van der Waals surface area contributed by atoms with E-state index in [1.807, 2.05) is 11.8 Å². The Morgan fingerprint density at radius 3 is 2.44 bits per heavy atom. The fraction of sp³-hybridized carbons (Fsp3) is 0.882. The van der Waals surface area contributed by atoms with Crippen molar-refractivity contribution in [3.8, 4) is 0 Å². The number of likely N-dealkylation sites (tertiary alicyclic amines) is 1. The smallest absolute Gasteiger partial charge is 0.225 e. The highest BCUT2D eigenvalue weighted by atomic mass is 127. The van der Waals surface area contributed by atoms with Crippen LogP contribution < -0.4 is 5.32 Å². The summed E-state index contributed by atoms with van der Waals surface area (Å²) in [5.74, 6) is 1.47. The van der Waals surface area contributed by atoms with Gasteiger partial charge >= 0.3 is 0 Å². The van der Waals surface area contributed by atoms with Gasteiger partial charge in [0.15, 0.2) is 5.96 Å². The molecule has 2 heterocycles. The fourth-order valence-corrected chi connectivity index (χ4v) is 3.11. The summed E-state index contributed by atoms with van der Waals surface area (Å²) in [7, 11) is 0. The number of amides is 1. The number of nitrogens with zero attached hydrogens (tertiary/aromatic N) is 3. The van der Waals surface area contributed by atoms with Crippen molar-refractivity contribution >= 4 is 35.8 Å². The molecule has 0 aromatic carbocycles. The molecule has 0 aromatic heterocycles. The molecule has 0 saturated carbocycles. The van der Waals surface area contributed by atoms with Gasteiger partial charge in [0.1, 0.15) is 0 Å². The third kappa shape index (κ3) is 6.90. The lowest BCUT2D eigenvalue weighted by Gasteiger charge is -2.36. The molecule has 1 atom stereocenters. The molecule has 2 aliphatic rings. The van der Waals surface area contributed by atoms with E-state index in [4.69, 9.17) is 9.84 Å². The summed E-state index contributed by atoms with van der Waals surface area (Å²) in [4.78, 5) is 21.4. The number of aliphatic hydroxyl groups is 1. The number of carbonyl (C=O) groups is 1. The van der Waals surface area contributed by atoms with Gasteiger partial charge in [-0.25, -0.2) is 0 Å². The van der Waals surface area contributed by atoms with Crippen molar-refractivity contribution < 1.29 is 14.6 Å². The zero-order valence-corrected chi connectivity index (χ0v) is 17.8. The van der Waals surface area contributed by atoms with Gasteiger partial charge in [-0.1, -0.05) is 6.92 Å². The molecule has 146 valence electrons. The van der Waals surface area contributed by atoms with Crippen molar-refractivity contribution in [2.45, 2.75) is 26.7 Å². The zero-order valence-electron chi connectivity index (χ0n) is 15.4. The number of guanidine groups is 1. The van der Waals surface area contributed by atoms with Crippen LogP contribution in [0, 0.1) is 11.8 Å². The second-order valence-corrected chi connectivity index (χ2v) is 6.68. The largest absolute Gasteiger partial charge is 0.396 e. The van der Waals surface area contributed by atoms with Crippen LogP contribution >= 0.6 is 24.0 Å². The number of carbonyl (C=O) groups excluding carboxylic acids is 1. The summed E-state index contributed by atoms with van der Waals surface area (Å²) >= 11 is 0. The van der Waals surface area contributed by atoms with Gasteiger partial charge in [0.05, 0.1) is 13.2 Å². The first kappa shape index (κ1) is 22.4. The molecular formula is C17H33IN4O3. The first-order valence-electron chi connectivity index (χ1n) is 9.16. The lowest BCUT2D eigenvalue weighted by atomic mass is 9.95. The Morgan fingerprint density at radius 2 is 1.88 bits per heavy atom.